The highest BCUT2D eigenvalue weighted by Crippen LogP contribution is 2.71. The molecule has 9 fully saturated rings. The van der Waals surface area contributed by atoms with E-state index < -0.39 is 142 Å². The van der Waals surface area contributed by atoms with Crippen LogP contribution >= 0.6 is 0 Å². The highest BCUT2D eigenvalue weighted by molar-refractivity contribution is 5.15. The van der Waals surface area contributed by atoms with Gasteiger partial charge in [-0.3, -0.25) is 0 Å². The largest absolute Gasteiger partial charge is 0.394 e. The summed E-state index contributed by atoms with van der Waals surface area (Å²) < 4.78 is 53.5. The Morgan fingerprint density at radius 1 is 0.603 bits per heavy atom. The average Bonchev–Trinajstić information content (AvgIpc) is 3.81. The molecule has 4 aliphatic carbocycles. The molecule has 0 radical (unpaired) electrons. The molecule has 0 aromatic heterocycles. The van der Waals surface area contributed by atoms with Crippen molar-refractivity contribution in [3.63, 3.8) is 0 Å². The Balaban J connectivity index is 0.805. The molecule has 422 valence electrons. The third-order valence-corrected chi connectivity index (χ3v) is 19.7. The molecule has 9 aliphatic rings. The normalized spacial score (nSPS) is 55.6. The van der Waals surface area contributed by atoms with E-state index in [1.165, 1.54) is 0 Å². The number of rotatable bonds is 15. The number of aliphatic hydroxyl groups excluding tert-OH is 13. The molecular weight excluding hydrogens is 969 g/mol. The minimum absolute atomic E-state index is 0.00801. The van der Waals surface area contributed by atoms with E-state index in [9.17, 15) is 71.5 Å². The summed E-state index contributed by atoms with van der Waals surface area (Å²) in [5.41, 5.74) is -0.0205. The third-order valence-electron chi connectivity index (χ3n) is 19.7. The van der Waals surface area contributed by atoms with Gasteiger partial charge in [-0.25, -0.2) is 0 Å². The highest BCUT2D eigenvalue weighted by Gasteiger charge is 2.68. The minimum Gasteiger partial charge on any atom is -0.394 e. The van der Waals surface area contributed by atoms with Gasteiger partial charge in [-0.2, -0.15) is 0 Å². The standard InChI is InChI=1S/C50H84O23/c1-20(17-65-45-40(61)36(57)34(55)29(15-51)69-45)7-12-50(64)21(2)32-28(73-50)14-26-24-6-5-22-13-23(8-10-48(22,3)25(24)9-11-49(26,32)4)68-46-42(63)38(59)43(72-47-41(62)37(58)35(56)30(16-52)70-47)31(71-46)19-67-44-39(60)33(54)27(53)18-66-44/h20-47,51-64H,5-19H2,1-4H3/t20-,21+,22-,23+,24-,25+,26+,27+,28+,29-,30-,31-,32+,33+,34-,35-,36+,37+,38-,39-,40-,41-,42-,43-,44-,45-,46-,47+,48+,49+,50-/m1/s1. The molecule has 4 saturated carbocycles. The van der Waals surface area contributed by atoms with Crippen molar-refractivity contribution in [2.45, 2.75) is 227 Å². The summed E-state index contributed by atoms with van der Waals surface area (Å²) in [6.07, 6.45) is -21.2. The molecule has 0 aromatic carbocycles. The first kappa shape index (κ1) is 56.8. The molecule has 23 heteroatoms. The minimum atomic E-state index is -1.84. The summed E-state index contributed by atoms with van der Waals surface area (Å²) in [4.78, 5) is 0. The lowest BCUT2D eigenvalue weighted by molar-refractivity contribution is -0.369. The van der Waals surface area contributed by atoms with Crippen molar-refractivity contribution in [2.75, 3.05) is 33.0 Å². The van der Waals surface area contributed by atoms with E-state index in [-0.39, 0.29) is 54.0 Å². The lowest BCUT2D eigenvalue weighted by atomic mass is 9.44. The van der Waals surface area contributed by atoms with E-state index in [0.29, 0.717) is 49.4 Å². The molecule has 0 unspecified atom stereocenters. The van der Waals surface area contributed by atoms with Gasteiger partial charge in [0.05, 0.1) is 45.2 Å². The summed E-state index contributed by atoms with van der Waals surface area (Å²) in [5, 5.41) is 148. The molecule has 23 nitrogen and oxygen atoms in total. The van der Waals surface area contributed by atoms with E-state index in [2.05, 4.69) is 20.8 Å². The Bertz CT molecular complexity index is 1820. The Morgan fingerprint density at radius 2 is 1.21 bits per heavy atom. The van der Waals surface area contributed by atoms with E-state index in [0.717, 1.165) is 38.5 Å². The Labute approximate surface area is 425 Å². The second-order valence-electron chi connectivity index (χ2n) is 23.9. The fourth-order valence-corrected chi connectivity index (χ4v) is 15.3. The molecule has 5 aliphatic heterocycles. The smallest absolute Gasteiger partial charge is 0.187 e. The maximum atomic E-state index is 12.1. The fourth-order valence-electron chi connectivity index (χ4n) is 15.3. The number of ether oxygens (including phenoxy) is 9. The van der Waals surface area contributed by atoms with Gasteiger partial charge in [0.15, 0.2) is 30.9 Å². The Morgan fingerprint density at radius 3 is 1.89 bits per heavy atom. The van der Waals surface area contributed by atoms with Crippen LogP contribution in [0.5, 0.6) is 0 Å². The molecule has 14 N–H and O–H groups in total. The molecular formula is C50H84O23. The van der Waals surface area contributed by atoms with Crippen molar-refractivity contribution in [2.24, 2.45) is 52.3 Å². The zero-order valence-electron chi connectivity index (χ0n) is 42.2. The molecule has 5 heterocycles. The van der Waals surface area contributed by atoms with Gasteiger partial charge in [0.25, 0.3) is 0 Å². The lowest BCUT2D eigenvalue weighted by Crippen LogP contribution is -2.65. The van der Waals surface area contributed by atoms with Crippen LogP contribution in [0.15, 0.2) is 0 Å². The maximum absolute atomic E-state index is 12.1. The first-order valence-electron chi connectivity index (χ1n) is 26.8. The van der Waals surface area contributed by atoms with Crippen molar-refractivity contribution >= 4 is 0 Å². The molecule has 0 spiro atoms. The maximum Gasteiger partial charge on any atom is 0.187 e. The zero-order chi connectivity index (χ0) is 52.6. The number of aliphatic hydroxyl groups is 14. The second kappa shape index (κ2) is 22.3. The van der Waals surface area contributed by atoms with Gasteiger partial charge in [-0.15, -0.1) is 0 Å². The lowest BCUT2D eigenvalue weighted by Gasteiger charge is -2.61. The summed E-state index contributed by atoms with van der Waals surface area (Å²) in [7, 11) is 0. The van der Waals surface area contributed by atoms with E-state index >= 15 is 0 Å². The van der Waals surface area contributed by atoms with Gasteiger partial charge in [0.1, 0.15) is 91.6 Å². The predicted molar refractivity (Wildman–Crippen MR) is 246 cm³/mol. The second-order valence-corrected chi connectivity index (χ2v) is 23.9. The van der Waals surface area contributed by atoms with Gasteiger partial charge in [0.2, 0.25) is 0 Å². The molecule has 0 bridgehead atoms. The summed E-state index contributed by atoms with van der Waals surface area (Å²) >= 11 is 0. The van der Waals surface area contributed by atoms with Gasteiger partial charge < -0.3 is 114 Å². The van der Waals surface area contributed by atoms with E-state index in [1.54, 1.807) is 0 Å². The van der Waals surface area contributed by atoms with Crippen LogP contribution in [0.1, 0.15) is 91.9 Å². The SMILES string of the molecule is C[C@H](CC[C@@]1(O)O[C@H]2C[C@H]3[C@@H]4CC[C@@H]5C[C@@H](O[C@@H]6O[C@H](CO[C@H]7OC[C@H](O)[C@H](O)[C@H]7O)[C@@H](O[C@@H]7O[C@H](CO)[C@@H](O)[C@H](O)[C@H]7O)[C@H](O)[C@H]6O)CC[C@]5(C)[C@H]4CC[C@]3(C)[C@H]2[C@@H]1C)CO[C@@H]1O[C@H](CO)[C@@H](O)[C@H](O)[C@H]1O. The van der Waals surface area contributed by atoms with Crippen molar-refractivity contribution < 1.29 is 114 Å². The first-order valence-corrected chi connectivity index (χ1v) is 26.8. The summed E-state index contributed by atoms with van der Waals surface area (Å²) in [5.74, 6) is 0.309. The highest BCUT2D eigenvalue weighted by atomic mass is 16.8. The van der Waals surface area contributed by atoms with E-state index in [1.807, 2.05) is 6.92 Å². The summed E-state index contributed by atoms with van der Waals surface area (Å²) in [6.45, 7) is 6.91. The van der Waals surface area contributed by atoms with Crippen LogP contribution in [0.3, 0.4) is 0 Å². The topological polar surface area (TPSA) is 366 Å². The molecule has 5 saturated heterocycles. The average molecular weight is 1050 g/mol. The van der Waals surface area contributed by atoms with Crippen molar-refractivity contribution in [1.29, 1.82) is 0 Å². The molecule has 9 rings (SSSR count). The third kappa shape index (κ3) is 10.5. The molecule has 0 amide bonds. The van der Waals surface area contributed by atoms with Crippen LogP contribution in [-0.4, -0.2) is 239 Å². The van der Waals surface area contributed by atoms with Crippen LogP contribution < -0.4 is 0 Å². The van der Waals surface area contributed by atoms with Crippen LogP contribution in [0.4, 0.5) is 0 Å². The quantitative estimate of drug-likeness (QED) is 0.0714. The van der Waals surface area contributed by atoms with Gasteiger partial charge >= 0.3 is 0 Å². The fraction of sp³-hybridized carbons (Fsp3) is 1.00. The van der Waals surface area contributed by atoms with Gasteiger partial charge in [-0.1, -0.05) is 27.7 Å². The van der Waals surface area contributed by atoms with Crippen molar-refractivity contribution in [3.05, 3.63) is 0 Å². The predicted octanol–water partition coefficient (Wildman–Crippen LogP) is -3.32. The first-order chi connectivity index (χ1) is 34.5. The number of hydrogen-bond acceptors (Lipinski definition) is 23. The molecule has 31 atom stereocenters. The van der Waals surface area contributed by atoms with Crippen LogP contribution in [0.2, 0.25) is 0 Å². The Hall–Kier alpha value is -0.920. The van der Waals surface area contributed by atoms with E-state index in [4.69, 9.17) is 42.6 Å². The number of hydrogen-bond donors (Lipinski definition) is 14. The van der Waals surface area contributed by atoms with Crippen molar-refractivity contribution in [1.82, 2.24) is 0 Å². The van der Waals surface area contributed by atoms with Crippen LogP contribution in [0.25, 0.3) is 0 Å². The Kier molecular flexibility index (Phi) is 17.4. The van der Waals surface area contributed by atoms with Crippen LogP contribution in [-0.2, 0) is 42.6 Å². The molecule has 73 heavy (non-hydrogen) atoms. The van der Waals surface area contributed by atoms with Crippen LogP contribution in [0, 0.1) is 52.3 Å². The van der Waals surface area contributed by atoms with Gasteiger partial charge in [-0.05, 0) is 104 Å². The summed E-state index contributed by atoms with van der Waals surface area (Å²) in [6, 6.07) is 0. The monoisotopic (exact) mass is 1050 g/mol. The zero-order valence-corrected chi connectivity index (χ0v) is 42.2. The van der Waals surface area contributed by atoms with Gasteiger partial charge in [0, 0.05) is 12.3 Å². The van der Waals surface area contributed by atoms with Crippen molar-refractivity contribution in [3.8, 4) is 0 Å². The molecule has 0 aromatic rings. The number of fused-ring (bicyclic) bond motifs is 7.